The van der Waals surface area contributed by atoms with Crippen LogP contribution in [-0.2, 0) is 11.2 Å². The molecule has 136 valence electrons. The third-order valence-corrected chi connectivity index (χ3v) is 5.65. The molecule has 0 bridgehead atoms. The molecule has 0 radical (unpaired) electrons. The van der Waals surface area contributed by atoms with Crippen LogP contribution in [-0.4, -0.2) is 35.4 Å². The topological polar surface area (TPSA) is 69.0 Å². The second-order valence-corrected chi connectivity index (χ2v) is 7.46. The Balaban J connectivity index is 1.54. The minimum Gasteiger partial charge on any atom is -0.302 e. The highest BCUT2D eigenvalue weighted by Gasteiger charge is 2.25. The van der Waals surface area contributed by atoms with Crippen LogP contribution in [0, 0.1) is 17.2 Å². The van der Waals surface area contributed by atoms with Gasteiger partial charge in [0, 0.05) is 29.8 Å². The number of carbonyl (C=O) groups is 1. The van der Waals surface area contributed by atoms with Crippen LogP contribution in [0.15, 0.2) is 29.6 Å². The van der Waals surface area contributed by atoms with Crippen molar-refractivity contribution in [2.45, 2.75) is 32.6 Å². The van der Waals surface area contributed by atoms with Gasteiger partial charge >= 0.3 is 0 Å². The van der Waals surface area contributed by atoms with Gasteiger partial charge in [-0.1, -0.05) is 31.2 Å². The van der Waals surface area contributed by atoms with Gasteiger partial charge in [-0.05, 0) is 37.9 Å². The summed E-state index contributed by atoms with van der Waals surface area (Å²) in [4.78, 5) is 19.3. The largest absolute Gasteiger partial charge is 0.302 e. The van der Waals surface area contributed by atoms with Crippen molar-refractivity contribution in [1.29, 1.82) is 5.26 Å². The van der Waals surface area contributed by atoms with Crippen LogP contribution in [0.1, 0.15) is 31.7 Å². The number of likely N-dealkylation sites (tertiary alicyclic amines) is 1. The number of piperidine rings is 1. The molecular formula is C20H24N4OS. The lowest BCUT2D eigenvalue weighted by atomic mass is 9.96. The summed E-state index contributed by atoms with van der Waals surface area (Å²) < 4.78 is 0. The summed E-state index contributed by atoms with van der Waals surface area (Å²) in [5.74, 6) is 0.0942. The van der Waals surface area contributed by atoms with Crippen LogP contribution in [0.4, 0.5) is 5.13 Å². The predicted molar refractivity (Wildman–Crippen MR) is 105 cm³/mol. The van der Waals surface area contributed by atoms with Gasteiger partial charge in [0.05, 0.1) is 11.8 Å². The fourth-order valence-corrected chi connectivity index (χ4v) is 3.93. The molecule has 1 fully saturated rings. The number of aromatic nitrogens is 1. The monoisotopic (exact) mass is 368 g/mol. The molecule has 1 amide bonds. The Hall–Kier alpha value is -2.23. The maximum Gasteiger partial charge on any atom is 0.229 e. The molecule has 1 saturated heterocycles. The first-order chi connectivity index (χ1) is 12.7. The SMILES string of the molecule is CCc1ccc(-c2csc(NC(=O)C3CCN(CCC#N)CC3)n2)cc1. The third-order valence-electron chi connectivity index (χ3n) is 4.89. The number of thiazole rings is 1. The number of nitriles is 1. The van der Waals surface area contributed by atoms with E-state index < -0.39 is 0 Å². The molecule has 1 aliphatic heterocycles. The molecule has 1 aromatic carbocycles. The molecule has 3 rings (SSSR count). The molecule has 2 aromatic rings. The first-order valence-corrected chi connectivity index (χ1v) is 10.0. The van der Waals surface area contributed by atoms with Crippen LogP contribution in [0.5, 0.6) is 0 Å². The molecule has 1 N–H and O–H groups in total. The van der Waals surface area contributed by atoms with Gasteiger partial charge in [-0.3, -0.25) is 4.79 Å². The van der Waals surface area contributed by atoms with E-state index >= 15 is 0 Å². The van der Waals surface area contributed by atoms with Crippen molar-refractivity contribution in [2.75, 3.05) is 25.0 Å². The highest BCUT2D eigenvalue weighted by molar-refractivity contribution is 7.14. The van der Waals surface area contributed by atoms with Gasteiger partial charge in [-0.15, -0.1) is 11.3 Å². The minimum atomic E-state index is 0.0320. The summed E-state index contributed by atoms with van der Waals surface area (Å²) in [5.41, 5.74) is 3.28. The van der Waals surface area contributed by atoms with Crippen molar-refractivity contribution in [3.8, 4) is 17.3 Å². The summed E-state index contributed by atoms with van der Waals surface area (Å²) in [6.45, 7) is 4.70. The number of aryl methyl sites for hydroxylation is 1. The number of hydrogen-bond donors (Lipinski definition) is 1. The predicted octanol–water partition coefficient (Wildman–Crippen LogP) is 3.94. The molecule has 0 unspecified atom stereocenters. The Kier molecular flexibility index (Phi) is 6.37. The molecular weight excluding hydrogens is 344 g/mol. The smallest absolute Gasteiger partial charge is 0.229 e. The molecule has 6 heteroatoms. The van der Waals surface area contributed by atoms with Crippen molar-refractivity contribution >= 4 is 22.4 Å². The number of anilines is 1. The fourth-order valence-electron chi connectivity index (χ4n) is 3.21. The Morgan fingerprint density at radius 3 is 2.73 bits per heavy atom. The van der Waals surface area contributed by atoms with Crippen LogP contribution < -0.4 is 5.32 Å². The van der Waals surface area contributed by atoms with E-state index in [1.165, 1.54) is 16.9 Å². The van der Waals surface area contributed by atoms with Gasteiger partial charge < -0.3 is 10.2 Å². The quantitative estimate of drug-likeness (QED) is 0.838. The Labute approximate surface area is 158 Å². The normalized spacial score (nSPS) is 15.5. The van der Waals surface area contributed by atoms with Crippen LogP contribution in [0.2, 0.25) is 0 Å². The standard InChI is InChI=1S/C20H24N4OS/c1-2-15-4-6-16(7-5-15)18-14-26-20(22-18)23-19(25)17-8-12-24(13-9-17)11-3-10-21/h4-7,14,17H,2-3,8-9,11-13H2,1H3,(H,22,23,25). The van der Waals surface area contributed by atoms with Crippen molar-refractivity contribution in [2.24, 2.45) is 5.92 Å². The lowest BCUT2D eigenvalue weighted by Crippen LogP contribution is -2.38. The van der Waals surface area contributed by atoms with Gasteiger partial charge in [0.25, 0.3) is 0 Å². The maximum atomic E-state index is 12.5. The van der Waals surface area contributed by atoms with E-state index in [4.69, 9.17) is 5.26 Å². The molecule has 26 heavy (non-hydrogen) atoms. The van der Waals surface area contributed by atoms with Crippen molar-refractivity contribution in [3.05, 3.63) is 35.2 Å². The molecule has 0 atom stereocenters. The number of nitrogens with zero attached hydrogens (tertiary/aromatic N) is 3. The maximum absolute atomic E-state index is 12.5. The Morgan fingerprint density at radius 2 is 2.08 bits per heavy atom. The van der Waals surface area contributed by atoms with E-state index in [0.29, 0.717) is 11.6 Å². The molecule has 0 saturated carbocycles. The summed E-state index contributed by atoms with van der Waals surface area (Å²) in [6, 6.07) is 10.6. The molecule has 1 aromatic heterocycles. The zero-order chi connectivity index (χ0) is 18.4. The second kappa shape index (κ2) is 8.93. The van der Waals surface area contributed by atoms with E-state index in [0.717, 1.165) is 50.2 Å². The van der Waals surface area contributed by atoms with Crippen molar-refractivity contribution in [3.63, 3.8) is 0 Å². The van der Waals surface area contributed by atoms with E-state index in [2.05, 4.69) is 52.5 Å². The average Bonchev–Trinajstić information content (AvgIpc) is 3.15. The van der Waals surface area contributed by atoms with Crippen LogP contribution >= 0.6 is 11.3 Å². The molecule has 1 aliphatic rings. The van der Waals surface area contributed by atoms with Gasteiger partial charge in [0.1, 0.15) is 0 Å². The average molecular weight is 369 g/mol. The Morgan fingerprint density at radius 1 is 1.35 bits per heavy atom. The summed E-state index contributed by atoms with van der Waals surface area (Å²) in [5, 5.41) is 14.3. The minimum absolute atomic E-state index is 0.0320. The van der Waals surface area contributed by atoms with Gasteiger partial charge in [-0.25, -0.2) is 4.98 Å². The highest BCUT2D eigenvalue weighted by Crippen LogP contribution is 2.26. The molecule has 0 aliphatic carbocycles. The number of benzene rings is 1. The first-order valence-electron chi connectivity index (χ1n) is 9.14. The van der Waals surface area contributed by atoms with Crippen molar-refractivity contribution < 1.29 is 4.79 Å². The number of nitrogens with one attached hydrogen (secondary N) is 1. The van der Waals surface area contributed by atoms with Gasteiger partial charge in [0.2, 0.25) is 5.91 Å². The zero-order valence-electron chi connectivity index (χ0n) is 15.1. The molecule has 0 spiro atoms. The molecule has 5 nitrogen and oxygen atoms in total. The van der Waals surface area contributed by atoms with Gasteiger partial charge in [0.15, 0.2) is 5.13 Å². The van der Waals surface area contributed by atoms with E-state index in [-0.39, 0.29) is 11.8 Å². The van der Waals surface area contributed by atoms with Crippen molar-refractivity contribution in [1.82, 2.24) is 9.88 Å². The summed E-state index contributed by atoms with van der Waals surface area (Å²) >= 11 is 1.47. The molecule has 2 heterocycles. The van der Waals surface area contributed by atoms with Gasteiger partial charge in [-0.2, -0.15) is 5.26 Å². The van der Waals surface area contributed by atoms with Crippen LogP contribution in [0.25, 0.3) is 11.3 Å². The van der Waals surface area contributed by atoms with E-state index in [9.17, 15) is 4.79 Å². The number of rotatable bonds is 6. The lowest BCUT2D eigenvalue weighted by molar-refractivity contribution is -0.121. The fraction of sp³-hybridized carbons (Fsp3) is 0.450. The van der Waals surface area contributed by atoms with Crippen LogP contribution in [0.3, 0.4) is 0 Å². The number of amides is 1. The summed E-state index contributed by atoms with van der Waals surface area (Å²) in [6.07, 6.45) is 3.26. The number of hydrogen-bond acceptors (Lipinski definition) is 5. The zero-order valence-corrected chi connectivity index (χ0v) is 15.9. The van der Waals surface area contributed by atoms with E-state index in [1.807, 2.05) is 5.38 Å². The summed E-state index contributed by atoms with van der Waals surface area (Å²) in [7, 11) is 0. The third kappa shape index (κ3) is 4.69. The lowest BCUT2D eigenvalue weighted by Gasteiger charge is -2.30. The second-order valence-electron chi connectivity index (χ2n) is 6.60. The first kappa shape index (κ1) is 18.6. The Bertz CT molecular complexity index is 770. The number of carbonyl (C=O) groups excluding carboxylic acids is 1. The highest BCUT2D eigenvalue weighted by atomic mass is 32.1. The van der Waals surface area contributed by atoms with E-state index in [1.54, 1.807) is 0 Å².